The summed E-state index contributed by atoms with van der Waals surface area (Å²) in [6.07, 6.45) is 9.68. The molecule has 4 fully saturated rings. The van der Waals surface area contributed by atoms with Gasteiger partial charge in [0.1, 0.15) is 41.4 Å². The van der Waals surface area contributed by atoms with E-state index in [-0.39, 0.29) is 52.0 Å². The summed E-state index contributed by atoms with van der Waals surface area (Å²) in [6.45, 7) is 2.80. The van der Waals surface area contributed by atoms with Crippen molar-refractivity contribution in [1.29, 1.82) is 0 Å². The molecule has 0 saturated carbocycles. The summed E-state index contributed by atoms with van der Waals surface area (Å²) in [5.74, 6) is 1.04. The molecule has 2 aromatic carbocycles. The van der Waals surface area contributed by atoms with E-state index in [0.717, 1.165) is 32.2 Å². The Balaban J connectivity index is 1.28. The van der Waals surface area contributed by atoms with Gasteiger partial charge in [0.25, 0.3) is 0 Å². The fourth-order valence-corrected chi connectivity index (χ4v) is 7.97. The van der Waals surface area contributed by atoms with Crippen LogP contribution in [0, 0.1) is 29.4 Å². The number of phenolic OH excluding ortho intramolecular Hbond substituents is 1. The van der Waals surface area contributed by atoms with Crippen LogP contribution in [0.15, 0.2) is 30.5 Å². The van der Waals surface area contributed by atoms with Gasteiger partial charge in [-0.25, -0.2) is 13.2 Å². The number of nitrogens with one attached hydrogen (secondary N) is 1. The zero-order valence-electron chi connectivity index (χ0n) is 25.0. The highest BCUT2D eigenvalue weighted by molar-refractivity contribution is 6.03. The second-order valence-electron chi connectivity index (χ2n) is 13.0. The van der Waals surface area contributed by atoms with Crippen molar-refractivity contribution >= 4 is 33.4 Å². The number of β-lactam (4-membered cyclic amide) rings is 1. The fourth-order valence-electron chi connectivity index (χ4n) is 7.97. The lowest BCUT2D eigenvalue weighted by atomic mass is 9.74. The molecule has 2 N–H and O–H groups in total. The summed E-state index contributed by atoms with van der Waals surface area (Å²) in [5, 5.41) is 14.3. The topological polar surface area (TPSA) is 104 Å². The maximum atomic E-state index is 16.8. The third-order valence-corrected chi connectivity index (χ3v) is 10.3. The summed E-state index contributed by atoms with van der Waals surface area (Å²) < 4.78 is 52.3. The molecule has 236 valence electrons. The second-order valence-corrected chi connectivity index (χ2v) is 13.0. The van der Waals surface area contributed by atoms with E-state index in [4.69, 9.17) is 16.1 Å². The summed E-state index contributed by atoms with van der Waals surface area (Å²) in [4.78, 5) is 30.4. The van der Waals surface area contributed by atoms with Crippen LogP contribution in [0.25, 0.3) is 32.9 Å². The molecular formula is C34H31F3N6O3. The first-order valence-electron chi connectivity index (χ1n) is 15.5. The second kappa shape index (κ2) is 10.5. The maximum absolute atomic E-state index is 16.8. The molecule has 4 aliphatic rings. The largest absolute Gasteiger partial charge is 0.508 e. The van der Waals surface area contributed by atoms with Gasteiger partial charge in [-0.1, -0.05) is 12.0 Å². The SMILES string of the molecule is C#Cc1c(F)ccc2cc(O)cc(-c3ncc4c(N5CCCC6(CNC6=O)C5)nc(OC[C@@]56CCCN5C[C@H](F)C6)nc4c3F)c12. The molecular weight excluding hydrogens is 597 g/mol. The van der Waals surface area contributed by atoms with Crippen molar-refractivity contribution in [3.05, 3.63) is 47.7 Å². The van der Waals surface area contributed by atoms with Gasteiger partial charge in [0.2, 0.25) is 5.91 Å². The van der Waals surface area contributed by atoms with E-state index in [1.54, 1.807) is 0 Å². The molecule has 0 aliphatic carbocycles. The Morgan fingerprint density at radius 1 is 1.17 bits per heavy atom. The number of hydrogen-bond acceptors (Lipinski definition) is 8. The first-order valence-corrected chi connectivity index (χ1v) is 15.5. The van der Waals surface area contributed by atoms with E-state index in [9.17, 15) is 18.7 Å². The summed E-state index contributed by atoms with van der Waals surface area (Å²) >= 11 is 0. The van der Waals surface area contributed by atoms with Crippen LogP contribution in [0.3, 0.4) is 0 Å². The van der Waals surface area contributed by atoms with Crippen LogP contribution in [0.5, 0.6) is 11.8 Å². The predicted molar refractivity (Wildman–Crippen MR) is 165 cm³/mol. The lowest BCUT2D eigenvalue weighted by Crippen LogP contribution is -2.65. The molecule has 0 bridgehead atoms. The Bertz CT molecular complexity index is 1980. The van der Waals surface area contributed by atoms with Crippen molar-refractivity contribution in [1.82, 2.24) is 25.2 Å². The fraction of sp³-hybridized carbons (Fsp3) is 0.412. The molecule has 4 saturated heterocycles. The van der Waals surface area contributed by atoms with Crippen LogP contribution >= 0.6 is 0 Å². The average Bonchev–Trinajstić information content (AvgIpc) is 3.58. The van der Waals surface area contributed by atoms with Crippen molar-refractivity contribution in [2.24, 2.45) is 5.41 Å². The van der Waals surface area contributed by atoms with Crippen molar-refractivity contribution in [2.45, 2.75) is 43.8 Å². The number of benzene rings is 2. The van der Waals surface area contributed by atoms with Crippen LogP contribution in [-0.4, -0.2) is 81.9 Å². The maximum Gasteiger partial charge on any atom is 0.319 e. The van der Waals surface area contributed by atoms with Gasteiger partial charge in [0, 0.05) is 49.7 Å². The first kappa shape index (κ1) is 28.8. The molecule has 4 aromatic rings. The molecule has 1 amide bonds. The number of piperidine rings is 1. The standard InChI is InChI=1S/C34H31F3N6O3/c1-2-22-25(36)6-5-19-11-21(44)12-23(26(19)22)28-27(37)29-24(14-38-28)30(42-9-3-7-33(17-42)16-39-31(33)45)41-32(40-29)46-18-34-8-4-10-43(34)15-20(35)13-34/h1,5-6,11-12,14,20,44H,3-4,7-10,13,15-18H2,(H,39,45)/t20-,33?,34+/m1/s1. The predicted octanol–water partition coefficient (Wildman–Crippen LogP) is 4.48. The van der Waals surface area contributed by atoms with Gasteiger partial charge in [-0.05, 0) is 55.8 Å². The molecule has 46 heavy (non-hydrogen) atoms. The number of phenols is 1. The van der Waals surface area contributed by atoms with Gasteiger partial charge < -0.3 is 20.1 Å². The van der Waals surface area contributed by atoms with Gasteiger partial charge in [-0.15, -0.1) is 6.42 Å². The van der Waals surface area contributed by atoms with E-state index in [2.05, 4.69) is 26.1 Å². The molecule has 1 spiro atoms. The lowest BCUT2D eigenvalue weighted by molar-refractivity contribution is -0.140. The number of fused-ring (bicyclic) bond motifs is 3. The van der Waals surface area contributed by atoms with Gasteiger partial charge in [-0.3, -0.25) is 14.7 Å². The van der Waals surface area contributed by atoms with Crippen LogP contribution in [0.2, 0.25) is 0 Å². The van der Waals surface area contributed by atoms with Gasteiger partial charge in [0.05, 0.1) is 21.9 Å². The zero-order valence-corrected chi connectivity index (χ0v) is 25.0. The van der Waals surface area contributed by atoms with Crippen LogP contribution in [0.1, 0.15) is 37.7 Å². The number of ether oxygens (including phenoxy) is 1. The third-order valence-electron chi connectivity index (χ3n) is 10.3. The smallest absolute Gasteiger partial charge is 0.319 e. The first-order chi connectivity index (χ1) is 22.2. The van der Waals surface area contributed by atoms with E-state index in [0.29, 0.717) is 49.2 Å². The number of rotatable bonds is 5. The number of anilines is 1. The summed E-state index contributed by atoms with van der Waals surface area (Å²) in [5.41, 5.74) is -1.28. The normalized spacial score (nSPS) is 25.9. The third kappa shape index (κ3) is 4.35. The van der Waals surface area contributed by atoms with Gasteiger partial charge in [0.15, 0.2) is 5.82 Å². The molecule has 0 radical (unpaired) electrons. The zero-order chi connectivity index (χ0) is 31.8. The lowest BCUT2D eigenvalue weighted by Gasteiger charge is -2.47. The highest BCUT2D eigenvalue weighted by Crippen LogP contribution is 2.43. The Labute approximate surface area is 262 Å². The Morgan fingerprint density at radius 3 is 2.80 bits per heavy atom. The summed E-state index contributed by atoms with van der Waals surface area (Å²) in [7, 11) is 0. The van der Waals surface area contributed by atoms with Crippen molar-refractivity contribution < 1.29 is 27.8 Å². The molecule has 6 heterocycles. The minimum Gasteiger partial charge on any atom is -0.508 e. The average molecular weight is 629 g/mol. The van der Waals surface area contributed by atoms with E-state index >= 15 is 4.39 Å². The molecule has 12 heteroatoms. The van der Waals surface area contributed by atoms with Gasteiger partial charge >= 0.3 is 6.01 Å². The van der Waals surface area contributed by atoms with Crippen molar-refractivity contribution in [3.63, 3.8) is 0 Å². The number of aromatic hydroxyl groups is 1. The van der Waals surface area contributed by atoms with E-state index in [1.165, 1.54) is 30.5 Å². The quantitative estimate of drug-likeness (QED) is 0.247. The van der Waals surface area contributed by atoms with Crippen molar-refractivity contribution in [2.75, 3.05) is 44.2 Å². The minimum absolute atomic E-state index is 0.0200. The monoisotopic (exact) mass is 628 g/mol. The molecule has 9 nitrogen and oxygen atoms in total. The van der Waals surface area contributed by atoms with Gasteiger partial charge in [-0.2, -0.15) is 9.97 Å². The van der Waals surface area contributed by atoms with Crippen molar-refractivity contribution in [3.8, 4) is 35.4 Å². The van der Waals surface area contributed by atoms with Crippen LogP contribution in [-0.2, 0) is 4.79 Å². The van der Waals surface area contributed by atoms with Crippen LogP contribution < -0.4 is 15.0 Å². The Morgan fingerprint density at radius 2 is 2.02 bits per heavy atom. The Kier molecular flexibility index (Phi) is 6.55. The number of pyridine rings is 1. The number of halogens is 3. The number of alkyl halides is 1. The van der Waals surface area contributed by atoms with E-state index < -0.39 is 28.8 Å². The number of hydrogen-bond donors (Lipinski definition) is 2. The number of terminal acetylenes is 1. The van der Waals surface area contributed by atoms with E-state index in [1.807, 2.05) is 4.90 Å². The summed E-state index contributed by atoms with van der Waals surface area (Å²) in [6, 6.07) is 5.30. The number of carbonyl (C=O) groups excluding carboxylic acids is 1. The minimum atomic E-state index is -0.948. The molecule has 4 aliphatic heterocycles. The molecule has 3 atom stereocenters. The highest BCUT2D eigenvalue weighted by Gasteiger charge is 2.50. The molecule has 2 aromatic heterocycles. The Hall–Kier alpha value is -4.63. The molecule has 8 rings (SSSR count). The number of aromatic nitrogens is 3. The molecule has 1 unspecified atom stereocenters. The number of nitrogens with zero attached hydrogens (tertiary/aromatic N) is 5. The number of amides is 1. The van der Waals surface area contributed by atoms with Crippen LogP contribution in [0.4, 0.5) is 19.0 Å². The highest BCUT2D eigenvalue weighted by atomic mass is 19.1. The number of carbonyl (C=O) groups is 1.